The van der Waals surface area contributed by atoms with E-state index in [4.69, 9.17) is 16.3 Å². The Morgan fingerprint density at radius 3 is 2.41 bits per heavy atom. The molecule has 0 amide bonds. The fraction of sp³-hybridized carbons (Fsp3) is 0.269. The molecule has 4 aromatic rings. The van der Waals surface area contributed by atoms with Crippen molar-refractivity contribution in [2.24, 2.45) is 0 Å². The summed E-state index contributed by atoms with van der Waals surface area (Å²) in [4.78, 5) is 2.48. The molecule has 0 spiro atoms. The summed E-state index contributed by atoms with van der Waals surface area (Å²) in [6.45, 7) is 7.74. The average molecular weight is 498 g/mol. The molecule has 0 radical (unpaired) electrons. The molecule has 4 rings (SSSR count). The maximum Gasteiger partial charge on any atom is 0.226 e. The van der Waals surface area contributed by atoms with Gasteiger partial charge in [0.1, 0.15) is 17.9 Å². The van der Waals surface area contributed by atoms with E-state index in [-0.39, 0.29) is 9.92 Å². The van der Waals surface area contributed by atoms with Crippen LogP contribution in [0.1, 0.15) is 19.4 Å². The molecule has 1 aromatic heterocycles. The highest BCUT2D eigenvalue weighted by Gasteiger charge is 2.27. The number of aromatic nitrogens is 2. The van der Waals surface area contributed by atoms with Crippen molar-refractivity contribution in [2.45, 2.75) is 30.3 Å². The lowest BCUT2D eigenvalue weighted by Gasteiger charge is -2.18. The summed E-state index contributed by atoms with van der Waals surface area (Å²) in [5.41, 5.74) is 1.56. The summed E-state index contributed by atoms with van der Waals surface area (Å²) in [6.07, 6.45) is 0. The first kappa shape index (κ1) is 24.3. The van der Waals surface area contributed by atoms with Gasteiger partial charge in [0.25, 0.3) is 0 Å². The molecule has 0 aliphatic rings. The summed E-state index contributed by atoms with van der Waals surface area (Å²) in [5.74, 6) is 0.605. The van der Waals surface area contributed by atoms with Crippen LogP contribution in [0.25, 0.3) is 10.9 Å². The van der Waals surface area contributed by atoms with Gasteiger partial charge in [-0.05, 0) is 55.1 Å². The smallest absolute Gasteiger partial charge is 0.226 e. The monoisotopic (exact) mass is 497 g/mol. The molecule has 0 unspecified atom stereocenters. The van der Waals surface area contributed by atoms with Crippen LogP contribution in [0.2, 0.25) is 5.02 Å². The number of para-hydroxylation sites is 1. The van der Waals surface area contributed by atoms with Gasteiger partial charge in [-0.2, -0.15) is 5.10 Å². The van der Waals surface area contributed by atoms with Crippen LogP contribution in [-0.4, -0.2) is 49.3 Å². The molecular formula is C26H28ClN3O3S. The van der Waals surface area contributed by atoms with Crippen molar-refractivity contribution in [1.29, 1.82) is 0 Å². The van der Waals surface area contributed by atoms with Gasteiger partial charge in [0.05, 0.1) is 11.4 Å². The minimum absolute atomic E-state index is 0.0184. The first-order valence-corrected chi connectivity index (χ1v) is 13.2. The van der Waals surface area contributed by atoms with Crippen LogP contribution in [0.3, 0.4) is 0 Å². The van der Waals surface area contributed by atoms with Gasteiger partial charge < -0.3 is 9.64 Å². The molecular weight excluding hydrogens is 470 g/mol. The van der Waals surface area contributed by atoms with Gasteiger partial charge in [-0.15, -0.1) is 0 Å². The quantitative estimate of drug-likeness (QED) is 0.298. The summed E-state index contributed by atoms with van der Waals surface area (Å²) in [7, 11) is -3.83. The lowest BCUT2D eigenvalue weighted by molar-refractivity contribution is 0.224. The topological polar surface area (TPSA) is 64.4 Å². The maximum atomic E-state index is 13.5. The summed E-state index contributed by atoms with van der Waals surface area (Å²) >= 11 is 6.19. The molecule has 0 N–H and O–H groups in total. The number of hydrogen-bond donors (Lipinski definition) is 0. The fourth-order valence-electron chi connectivity index (χ4n) is 3.95. The summed E-state index contributed by atoms with van der Waals surface area (Å²) in [5, 5.41) is 5.76. The van der Waals surface area contributed by atoms with Crippen molar-refractivity contribution in [3.05, 3.63) is 83.4 Å². The summed E-state index contributed by atoms with van der Waals surface area (Å²) in [6, 6.07) is 21.3. The number of nitrogens with zero attached hydrogens (tertiary/aromatic N) is 3. The molecule has 178 valence electrons. The van der Waals surface area contributed by atoms with E-state index in [9.17, 15) is 8.42 Å². The minimum atomic E-state index is -3.83. The van der Waals surface area contributed by atoms with Gasteiger partial charge in [-0.25, -0.2) is 8.42 Å². The fourth-order valence-corrected chi connectivity index (χ4v) is 5.56. The molecule has 6 nitrogen and oxygen atoms in total. The second kappa shape index (κ2) is 10.6. The maximum absolute atomic E-state index is 13.5. The number of halogens is 1. The van der Waals surface area contributed by atoms with Crippen LogP contribution in [0, 0.1) is 0 Å². The van der Waals surface area contributed by atoms with E-state index in [0.29, 0.717) is 34.8 Å². The molecule has 34 heavy (non-hydrogen) atoms. The molecule has 0 aliphatic heterocycles. The Balaban J connectivity index is 1.81. The van der Waals surface area contributed by atoms with E-state index in [0.717, 1.165) is 25.2 Å². The lowest BCUT2D eigenvalue weighted by atomic mass is 10.2. The Kier molecular flexibility index (Phi) is 7.56. The highest BCUT2D eigenvalue weighted by Crippen LogP contribution is 2.33. The van der Waals surface area contributed by atoms with E-state index in [2.05, 4.69) is 23.8 Å². The summed E-state index contributed by atoms with van der Waals surface area (Å²) < 4.78 is 34.9. The number of hydrogen-bond acceptors (Lipinski definition) is 5. The zero-order chi connectivity index (χ0) is 24.1. The van der Waals surface area contributed by atoms with Crippen LogP contribution in [0.15, 0.2) is 82.7 Å². The minimum Gasteiger partial charge on any atom is -0.490 e. The Labute approximate surface area is 205 Å². The SMILES string of the molecule is CCN(CC)CCOc1cccc2c(S(=O)(=O)c3ccccc3)nn(Cc3cccc(Cl)c3)c12. The van der Waals surface area contributed by atoms with E-state index < -0.39 is 9.84 Å². The predicted octanol–water partition coefficient (Wildman–Crippen LogP) is 5.29. The van der Waals surface area contributed by atoms with Crippen molar-refractivity contribution < 1.29 is 13.2 Å². The standard InChI is InChI=1S/C26H28ClN3O3S/c1-3-29(4-2)16-17-33-24-15-9-14-23-25(24)30(19-20-10-8-11-21(27)18-20)28-26(23)34(31,32)22-12-6-5-7-13-22/h5-15,18H,3-4,16-17,19H2,1-2H3. The Morgan fingerprint density at radius 1 is 0.971 bits per heavy atom. The van der Waals surface area contributed by atoms with Crippen LogP contribution in [0.4, 0.5) is 0 Å². The zero-order valence-electron chi connectivity index (χ0n) is 19.3. The van der Waals surface area contributed by atoms with Crippen molar-refractivity contribution >= 4 is 32.3 Å². The number of fused-ring (bicyclic) bond motifs is 1. The highest BCUT2D eigenvalue weighted by atomic mass is 35.5. The molecule has 0 saturated carbocycles. The van der Waals surface area contributed by atoms with E-state index in [1.54, 1.807) is 47.1 Å². The third kappa shape index (κ3) is 5.12. The van der Waals surface area contributed by atoms with Crippen LogP contribution >= 0.6 is 11.6 Å². The number of rotatable bonds is 10. The van der Waals surface area contributed by atoms with Gasteiger partial charge >= 0.3 is 0 Å². The normalized spacial score (nSPS) is 11.9. The highest BCUT2D eigenvalue weighted by molar-refractivity contribution is 7.91. The average Bonchev–Trinajstić information content (AvgIpc) is 3.22. The van der Waals surface area contributed by atoms with Gasteiger partial charge in [0.15, 0.2) is 5.03 Å². The van der Waals surface area contributed by atoms with E-state index in [1.807, 2.05) is 30.3 Å². The Morgan fingerprint density at radius 2 is 1.71 bits per heavy atom. The number of benzene rings is 3. The first-order valence-electron chi connectivity index (χ1n) is 11.3. The van der Waals surface area contributed by atoms with Gasteiger partial charge in [-0.3, -0.25) is 4.68 Å². The Hall–Kier alpha value is -2.87. The number of likely N-dealkylation sites (N-methyl/N-ethyl adjacent to an activating group) is 1. The van der Waals surface area contributed by atoms with Gasteiger partial charge in [-0.1, -0.05) is 61.8 Å². The van der Waals surface area contributed by atoms with E-state index >= 15 is 0 Å². The largest absolute Gasteiger partial charge is 0.490 e. The molecule has 0 saturated heterocycles. The third-order valence-electron chi connectivity index (χ3n) is 5.79. The van der Waals surface area contributed by atoms with Crippen LogP contribution in [0.5, 0.6) is 5.75 Å². The Bertz CT molecular complexity index is 1370. The molecule has 0 atom stereocenters. The molecule has 8 heteroatoms. The molecule has 1 heterocycles. The lowest BCUT2D eigenvalue weighted by Crippen LogP contribution is -2.28. The molecule has 0 aliphatic carbocycles. The van der Waals surface area contributed by atoms with Crippen molar-refractivity contribution in [3.63, 3.8) is 0 Å². The van der Waals surface area contributed by atoms with Crippen LogP contribution in [-0.2, 0) is 16.4 Å². The van der Waals surface area contributed by atoms with Crippen LogP contribution < -0.4 is 4.74 Å². The van der Waals surface area contributed by atoms with E-state index in [1.165, 1.54) is 0 Å². The number of sulfone groups is 1. The van der Waals surface area contributed by atoms with Crippen molar-refractivity contribution in [2.75, 3.05) is 26.2 Å². The van der Waals surface area contributed by atoms with Gasteiger partial charge in [0.2, 0.25) is 9.84 Å². The number of ether oxygens (including phenoxy) is 1. The second-order valence-corrected chi connectivity index (χ2v) is 10.2. The molecule has 0 bridgehead atoms. The predicted molar refractivity (Wildman–Crippen MR) is 135 cm³/mol. The second-order valence-electron chi connectivity index (χ2n) is 7.94. The molecule has 3 aromatic carbocycles. The molecule has 0 fully saturated rings. The van der Waals surface area contributed by atoms with Crippen molar-refractivity contribution in [3.8, 4) is 5.75 Å². The third-order valence-corrected chi connectivity index (χ3v) is 7.73. The van der Waals surface area contributed by atoms with Gasteiger partial charge in [0, 0.05) is 17.0 Å². The first-order chi connectivity index (χ1) is 16.4. The zero-order valence-corrected chi connectivity index (χ0v) is 20.9. The van der Waals surface area contributed by atoms with Crippen molar-refractivity contribution in [1.82, 2.24) is 14.7 Å².